The zero-order chi connectivity index (χ0) is 12.1. The lowest BCUT2D eigenvalue weighted by Crippen LogP contribution is -2.36. The summed E-state index contributed by atoms with van der Waals surface area (Å²) in [5.41, 5.74) is 6.01. The summed E-state index contributed by atoms with van der Waals surface area (Å²) >= 11 is 0. The van der Waals surface area contributed by atoms with Crippen LogP contribution in [0.5, 0.6) is 0 Å². The van der Waals surface area contributed by atoms with Crippen LogP contribution in [0.2, 0.25) is 0 Å². The number of methoxy groups -OCH3 is 1. The molecule has 0 fully saturated rings. The van der Waals surface area contributed by atoms with Crippen LogP contribution in [0.1, 0.15) is 26.6 Å². The van der Waals surface area contributed by atoms with E-state index in [0.717, 1.165) is 12.4 Å². The molecular formula is C11H22N4O. The van der Waals surface area contributed by atoms with Gasteiger partial charge in [0.1, 0.15) is 12.2 Å². The number of hydrogen-bond donors (Lipinski definition) is 1. The molecule has 0 radical (unpaired) electrons. The van der Waals surface area contributed by atoms with Gasteiger partial charge in [0.25, 0.3) is 0 Å². The van der Waals surface area contributed by atoms with Crippen LogP contribution in [0.4, 0.5) is 0 Å². The third-order valence-corrected chi connectivity index (χ3v) is 2.63. The molecule has 0 saturated carbocycles. The highest BCUT2D eigenvalue weighted by molar-refractivity contribution is 4.91. The fourth-order valence-electron chi connectivity index (χ4n) is 1.50. The number of nitrogens with zero attached hydrogens (tertiary/aromatic N) is 3. The predicted molar refractivity (Wildman–Crippen MR) is 63.0 cm³/mol. The van der Waals surface area contributed by atoms with Gasteiger partial charge in [0.2, 0.25) is 0 Å². The first kappa shape index (κ1) is 13.1. The van der Waals surface area contributed by atoms with Gasteiger partial charge in [0.15, 0.2) is 0 Å². The third kappa shape index (κ3) is 3.57. The Balaban J connectivity index is 2.62. The average Bonchev–Trinajstić information content (AvgIpc) is 2.63. The standard InChI is InChI=1S/C11H22N4O/c1-8(2)6-15-11(13-7-14-15)5-10(12)9(3)16-4/h7-10H,5-6,12H2,1-4H3. The molecule has 1 heterocycles. The molecule has 0 aliphatic heterocycles. The van der Waals surface area contributed by atoms with Crippen LogP contribution in [-0.2, 0) is 17.7 Å². The van der Waals surface area contributed by atoms with Crippen molar-refractivity contribution in [1.29, 1.82) is 0 Å². The van der Waals surface area contributed by atoms with Gasteiger partial charge in [-0.05, 0) is 12.8 Å². The van der Waals surface area contributed by atoms with E-state index in [9.17, 15) is 0 Å². The van der Waals surface area contributed by atoms with Crippen LogP contribution in [-0.4, -0.2) is 34.0 Å². The molecular weight excluding hydrogens is 204 g/mol. The SMILES string of the molecule is COC(C)C(N)Cc1ncnn1CC(C)C. The summed E-state index contributed by atoms with van der Waals surface area (Å²) in [5.74, 6) is 1.49. The summed E-state index contributed by atoms with van der Waals surface area (Å²) in [4.78, 5) is 4.24. The van der Waals surface area contributed by atoms with Crippen molar-refractivity contribution in [2.24, 2.45) is 11.7 Å². The van der Waals surface area contributed by atoms with Gasteiger partial charge >= 0.3 is 0 Å². The first-order chi connectivity index (χ1) is 7.54. The van der Waals surface area contributed by atoms with Crippen molar-refractivity contribution in [3.05, 3.63) is 12.2 Å². The molecule has 5 nitrogen and oxygen atoms in total. The minimum absolute atomic E-state index is 0.0317. The number of hydrogen-bond acceptors (Lipinski definition) is 4. The van der Waals surface area contributed by atoms with E-state index >= 15 is 0 Å². The molecule has 0 aliphatic carbocycles. The number of aromatic nitrogens is 3. The molecule has 0 spiro atoms. The second-order valence-corrected chi connectivity index (χ2v) is 4.56. The minimum Gasteiger partial charge on any atom is -0.380 e. The molecule has 0 aliphatic rings. The molecule has 1 aromatic heterocycles. The third-order valence-electron chi connectivity index (χ3n) is 2.63. The van der Waals surface area contributed by atoms with Gasteiger partial charge in [-0.1, -0.05) is 13.8 Å². The van der Waals surface area contributed by atoms with Gasteiger partial charge in [-0.15, -0.1) is 0 Å². The lowest BCUT2D eigenvalue weighted by molar-refractivity contribution is 0.0945. The molecule has 0 amide bonds. The summed E-state index contributed by atoms with van der Waals surface area (Å²) in [6.45, 7) is 7.16. The van der Waals surface area contributed by atoms with E-state index in [4.69, 9.17) is 10.5 Å². The molecule has 0 aromatic carbocycles. The Morgan fingerprint density at radius 3 is 2.69 bits per heavy atom. The molecule has 2 N–H and O–H groups in total. The van der Waals surface area contributed by atoms with Crippen molar-refractivity contribution >= 4 is 0 Å². The Bertz CT molecular complexity index is 311. The highest BCUT2D eigenvalue weighted by atomic mass is 16.5. The predicted octanol–water partition coefficient (Wildman–Crippen LogP) is 0.839. The molecule has 5 heteroatoms. The fourth-order valence-corrected chi connectivity index (χ4v) is 1.50. The van der Waals surface area contributed by atoms with E-state index in [-0.39, 0.29) is 12.1 Å². The van der Waals surface area contributed by atoms with Crippen LogP contribution >= 0.6 is 0 Å². The molecule has 1 rings (SSSR count). The van der Waals surface area contributed by atoms with Gasteiger partial charge in [0.05, 0.1) is 6.10 Å². The average molecular weight is 226 g/mol. The highest BCUT2D eigenvalue weighted by Gasteiger charge is 2.16. The normalized spacial score (nSPS) is 15.4. The van der Waals surface area contributed by atoms with Crippen LogP contribution in [0.25, 0.3) is 0 Å². The lowest BCUT2D eigenvalue weighted by Gasteiger charge is -2.18. The van der Waals surface area contributed by atoms with Crippen molar-refractivity contribution in [3.63, 3.8) is 0 Å². The van der Waals surface area contributed by atoms with E-state index in [2.05, 4.69) is 23.9 Å². The maximum atomic E-state index is 6.01. The van der Waals surface area contributed by atoms with Crippen LogP contribution < -0.4 is 5.73 Å². The molecule has 92 valence electrons. The zero-order valence-corrected chi connectivity index (χ0v) is 10.6. The minimum atomic E-state index is -0.0416. The topological polar surface area (TPSA) is 66.0 Å². The van der Waals surface area contributed by atoms with E-state index in [1.807, 2.05) is 11.6 Å². The first-order valence-electron chi connectivity index (χ1n) is 5.69. The maximum Gasteiger partial charge on any atom is 0.138 e. The highest BCUT2D eigenvalue weighted by Crippen LogP contribution is 2.06. The second kappa shape index (κ2) is 5.96. The smallest absolute Gasteiger partial charge is 0.138 e. The van der Waals surface area contributed by atoms with Crippen LogP contribution in [0.3, 0.4) is 0 Å². The van der Waals surface area contributed by atoms with E-state index in [1.165, 1.54) is 0 Å². The number of rotatable bonds is 6. The molecule has 0 saturated heterocycles. The van der Waals surface area contributed by atoms with Gasteiger partial charge in [-0.25, -0.2) is 9.67 Å². The summed E-state index contributed by atoms with van der Waals surface area (Å²) < 4.78 is 7.12. The van der Waals surface area contributed by atoms with E-state index in [1.54, 1.807) is 13.4 Å². The first-order valence-corrected chi connectivity index (χ1v) is 5.69. The van der Waals surface area contributed by atoms with Gasteiger partial charge in [-0.2, -0.15) is 5.10 Å². The van der Waals surface area contributed by atoms with Crippen molar-refractivity contribution in [2.45, 2.75) is 45.9 Å². The summed E-state index contributed by atoms with van der Waals surface area (Å²) in [5, 5.41) is 4.20. The Kier molecular flexibility index (Phi) is 4.89. The Morgan fingerprint density at radius 1 is 1.44 bits per heavy atom. The summed E-state index contributed by atoms with van der Waals surface area (Å²) in [6.07, 6.45) is 2.31. The maximum absolute atomic E-state index is 6.01. The van der Waals surface area contributed by atoms with Crippen molar-refractivity contribution in [3.8, 4) is 0 Å². The molecule has 16 heavy (non-hydrogen) atoms. The quantitative estimate of drug-likeness (QED) is 0.780. The van der Waals surface area contributed by atoms with Crippen LogP contribution in [0.15, 0.2) is 6.33 Å². The number of nitrogens with two attached hydrogens (primary N) is 1. The van der Waals surface area contributed by atoms with Crippen molar-refractivity contribution in [1.82, 2.24) is 14.8 Å². The monoisotopic (exact) mass is 226 g/mol. The second-order valence-electron chi connectivity index (χ2n) is 4.56. The van der Waals surface area contributed by atoms with Crippen molar-refractivity contribution < 1.29 is 4.74 Å². The zero-order valence-electron chi connectivity index (χ0n) is 10.6. The number of ether oxygens (including phenoxy) is 1. The largest absolute Gasteiger partial charge is 0.380 e. The van der Waals surface area contributed by atoms with E-state index < -0.39 is 0 Å². The van der Waals surface area contributed by atoms with Gasteiger partial charge in [-0.3, -0.25) is 0 Å². The molecule has 2 unspecified atom stereocenters. The Morgan fingerprint density at radius 2 is 2.12 bits per heavy atom. The van der Waals surface area contributed by atoms with Crippen LogP contribution in [0, 0.1) is 5.92 Å². The Labute approximate surface area is 97.0 Å². The Hall–Kier alpha value is -0.940. The van der Waals surface area contributed by atoms with Gasteiger partial charge in [0, 0.05) is 26.1 Å². The van der Waals surface area contributed by atoms with E-state index in [0.29, 0.717) is 12.3 Å². The lowest BCUT2D eigenvalue weighted by atomic mass is 10.1. The van der Waals surface area contributed by atoms with Gasteiger partial charge < -0.3 is 10.5 Å². The van der Waals surface area contributed by atoms with Crippen molar-refractivity contribution in [2.75, 3.05) is 7.11 Å². The fraction of sp³-hybridized carbons (Fsp3) is 0.818. The molecule has 1 aromatic rings. The molecule has 2 atom stereocenters. The molecule has 0 bridgehead atoms. The summed E-state index contributed by atoms with van der Waals surface area (Å²) in [7, 11) is 1.67. The summed E-state index contributed by atoms with van der Waals surface area (Å²) in [6, 6.07) is -0.0416.